The van der Waals surface area contributed by atoms with Crippen molar-refractivity contribution >= 4 is 17.7 Å². The molecule has 23 heavy (non-hydrogen) atoms. The third-order valence-electron chi connectivity index (χ3n) is 4.19. The van der Waals surface area contributed by atoms with E-state index in [0.717, 1.165) is 22.8 Å². The molecule has 1 saturated heterocycles. The van der Waals surface area contributed by atoms with Crippen LogP contribution in [0, 0.1) is 6.92 Å². The molecule has 1 aromatic heterocycles. The summed E-state index contributed by atoms with van der Waals surface area (Å²) in [6.07, 6.45) is 1.65. The van der Waals surface area contributed by atoms with Crippen LogP contribution in [-0.2, 0) is 0 Å². The molecule has 1 aliphatic rings. The Morgan fingerprint density at radius 1 is 1.26 bits per heavy atom. The number of carbonyl (C=O) groups excluding carboxylic acids is 1. The molecular formula is C18H22N2O2S. The Balaban J connectivity index is 1.66. The Bertz CT molecular complexity index is 699. The number of benzene rings is 1. The van der Waals surface area contributed by atoms with Gasteiger partial charge in [-0.1, -0.05) is 29.5 Å². The molecule has 1 aliphatic heterocycles. The number of aryl methyl sites for hydroxylation is 1. The van der Waals surface area contributed by atoms with E-state index in [9.17, 15) is 4.79 Å². The number of piperidine rings is 1. The zero-order valence-corrected chi connectivity index (χ0v) is 14.4. The number of hydrogen-bond acceptors (Lipinski definition) is 4. The fourth-order valence-electron chi connectivity index (χ4n) is 2.66. The summed E-state index contributed by atoms with van der Waals surface area (Å²) in [5.74, 6) is 0.359. The SMILES string of the molecule is Cc1cccc(Sc2ccc(C(=O)N3CCC(C)(N)CC3)o2)c1. The second-order valence-electron chi connectivity index (χ2n) is 6.48. The van der Waals surface area contributed by atoms with Crippen LogP contribution in [0.25, 0.3) is 0 Å². The Labute approximate surface area is 141 Å². The standard InChI is InChI=1S/C18H22N2O2S/c1-13-4-3-5-14(12-13)23-16-7-6-15(22-16)17(21)20-10-8-18(2,19)9-11-20/h3-7,12H,8-11,19H2,1-2H3. The van der Waals surface area contributed by atoms with Gasteiger partial charge in [-0.3, -0.25) is 4.79 Å². The van der Waals surface area contributed by atoms with Gasteiger partial charge in [-0.05, 0) is 51.0 Å². The van der Waals surface area contributed by atoms with E-state index in [2.05, 4.69) is 19.1 Å². The van der Waals surface area contributed by atoms with Crippen LogP contribution in [-0.4, -0.2) is 29.4 Å². The van der Waals surface area contributed by atoms with Gasteiger partial charge < -0.3 is 15.1 Å². The third kappa shape index (κ3) is 3.98. The third-order valence-corrected chi connectivity index (χ3v) is 5.10. The molecule has 2 heterocycles. The molecule has 0 aliphatic carbocycles. The van der Waals surface area contributed by atoms with Crippen LogP contribution in [0.5, 0.6) is 0 Å². The molecule has 2 N–H and O–H groups in total. The van der Waals surface area contributed by atoms with E-state index in [1.165, 1.54) is 17.3 Å². The normalized spacial score (nSPS) is 17.3. The molecule has 2 aromatic rings. The molecule has 1 fully saturated rings. The summed E-state index contributed by atoms with van der Waals surface area (Å²) in [5, 5.41) is 0.736. The minimum absolute atomic E-state index is 0.0448. The molecule has 0 unspecified atom stereocenters. The first kappa shape index (κ1) is 16.1. The maximum Gasteiger partial charge on any atom is 0.289 e. The van der Waals surface area contributed by atoms with Crippen molar-refractivity contribution in [3.8, 4) is 0 Å². The first-order valence-corrected chi connectivity index (χ1v) is 8.67. The fourth-order valence-corrected chi connectivity index (χ4v) is 3.55. The van der Waals surface area contributed by atoms with Gasteiger partial charge in [-0.15, -0.1) is 0 Å². The zero-order valence-electron chi connectivity index (χ0n) is 13.5. The van der Waals surface area contributed by atoms with Gasteiger partial charge in [0.2, 0.25) is 0 Å². The maximum atomic E-state index is 12.5. The largest absolute Gasteiger partial charge is 0.444 e. The van der Waals surface area contributed by atoms with Crippen molar-refractivity contribution in [3.05, 3.63) is 47.7 Å². The van der Waals surface area contributed by atoms with Gasteiger partial charge in [-0.25, -0.2) is 0 Å². The van der Waals surface area contributed by atoms with Gasteiger partial charge in [0.05, 0.1) is 0 Å². The predicted octanol–water partition coefficient (Wildman–Crippen LogP) is 3.69. The molecule has 0 spiro atoms. The summed E-state index contributed by atoms with van der Waals surface area (Å²) in [6, 6.07) is 11.8. The van der Waals surface area contributed by atoms with Crippen molar-refractivity contribution in [2.45, 2.75) is 42.2 Å². The van der Waals surface area contributed by atoms with Crippen molar-refractivity contribution in [1.29, 1.82) is 0 Å². The molecule has 4 nitrogen and oxygen atoms in total. The number of carbonyl (C=O) groups is 1. The van der Waals surface area contributed by atoms with Crippen molar-refractivity contribution in [3.63, 3.8) is 0 Å². The number of nitrogens with zero attached hydrogens (tertiary/aromatic N) is 1. The van der Waals surface area contributed by atoms with Crippen molar-refractivity contribution < 1.29 is 9.21 Å². The highest BCUT2D eigenvalue weighted by molar-refractivity contribution is 7.99. The Kier molecular flexibility index (Phi) is 4.50. The lowest BCUT2D eigenvalue weighted by molar-refractivity contribution is 0.0643. The topological polar surface area (TPSA) is 59.5 Å². The average Bonchev–Trinajstić information content (AvgIpc) is 2.95. The molecule has 5 heteroatoms. The second kappa shape index (κ2) is 6.42. The van der Waals surface area contributed by atoms with Crippen LogP contribution in [0.3, 0.4) is 0 Å². The lowest BCUT2D eigenvalue weighted by Crippen LogP contribution is -2.49. The van der Waals surface area contributed by atoms with Crippen LogP contribution in [0.15, 0.2) is 50.8 Å². The molecule has 0 atom stereocenters. The van der Waals surface area contributed by atoms with Crippen LogP contribution < -0.4 is 5.73 Å². The number of furan rings is 1. The summed E-state index contributed by atoms with van der Waals surface area (Å²) in [4.78, 5) is 15.4. The number of likely N-dealkylation sites (tertiary alicyclic amines) is 1. The monoisotopic (exact) mass is 330 g/mol. The van der Waals surface area contributed by atoms with E-state index in [1.54, 1.807) is 6.07 Å². The molecule has 0 radical (unpaired) electrons. The molecule has 0 saturated carbocycles. The van der Waals surface area contributed by atoms with Crippen LogP contribution in [0.2, 0.25) is 0 Å². The summed E-state index contributed by atoms with van der Waals surface area (Å²) < 4.78 is 5.73. The van der Waals surface area contributed by atoms with Crippen LogP contribution in [0.4, 0.5) is 0 Å². The van der Waals surface area contributed by atoms with Crippen LogP contribution >= 0.6 is 11.8 Å². The lowest BCUT2D eigenvalue weighted by atomic mass is 9.91. The highest BCUT2D eigenvalue weighted by Crippen LogP contribution is 2.30. The Morgan fingerprint density at radius 3 is 2.70 bits per heavy atom. The fraction of sp³-hybridized carbons (Fsp3) is 0.389. The molecule has 3 rings (SSSR count). The minimum Gasteiger partial charge on any atom is -0.444 e. The van der Waals surface area contributed by atoms with Gasteiger partial charge in [0.1, 0.15) is 0 Å². The van der Waals surface area contributed by atoms with Gasteiger partial charge in [0.25, 0.3) is 5.91 Å². The van der Waals surface area contributed by atoms with E-state index >= 15 is 0 Å². The average molecular weight is 330 g/mol. The minimum atomic E-state index is -0.161. The van der Waals surface area contributed by atoms with E-state index in [1.807, 2.05) is 30.0 Å². The number of hydrogen-bond donors (Lipinski definition) is 1. The summed E-state index contributed by atoms with van der Waals surface area (Å²) >= 11 is 1.53. The molecule has 1 amide bonds. The molecule has 0 bridgehead atoms. The zero-order chi connectivity index (χ0) is 16.4. The molecular weight excluding hydrogens is 308 g/mol. The molecule has 1 aromatic carbocycles. The summed E-state index contributed by atoms with van der Waals surface area (Å²) in [6.45, 7) is 5.47. The Morgan fingerprint density at radius 2 is 2.00 bits per heavy atom. The van der Waals surface area contributed by atoms with Gasteiger partial charge in [-0.2, -0.15) is 0 Å². The van der Waals surface area contributed by atoms with E-state index in [-0.39, 0.29) is 11.4 Å². The highest BCUT2D eigenvalue weighted by Gasteiger charge is 2.29. The molecule has 122 valence electrons. The first-order valence-electron chi connectivity index (χ1n) is 7.85. The van der Waals surface area contributed by atoms with Gasteiger partial charge in [0, 0.05) is 23.5 Å². The first-order chi connectivity index (χ1) is 10.9. The van der Waals surface area contributed by atoms with Gasteiger partial charge in [0.15, 0.2) is 10.9 Å². The summed E-state index contributed by atoms with van der Waals surface area (Å²) in [7, 11) is 0. The van der Waals surface area contributed by atoms with E-state index in [0.29, 0.717) is 18.8 Å². The Hall–Kier alpha value is -1.72. The number of nitrogens with two attached hydrogens (primary N) is 1. The highest BCUT2D eigenvalue weighted by atomic mass is 32.2. The quantitative estimate of drug-likeness (QED) is 0.932. The van der Waals surface area contributed by atoms with Crippen molar-refractivity contribution in [2.24, 2.45) is 5.73 Å². The number of rotatable bonds is 3. The summed E-state index contributed by atoms with van der Waals surface area (Å²) in [5.41, 5.74) is 7.16. The van der Waals surface area contributed by atoms with Crippen LogP contribution in [0.1, 0.15) is 35.9 Å². The van der Waals surface area contributed by atoms with Crippen molar-refractivity contribution in [1.82, 2.24) is 4.90 Å². The van der Waals surface area contributed by atoms with Crippen molar-refractivity contribution in [2.75, 3.05) is 13.1 Å². The van der Waals surface area contributed by atoms with E-state index < -0.39 is 0 Å². The second-order valence-corrected chi connectivity index (χ2v) is 7.56. The van der Waals surface area contributed by atoms with Gasteiger partial charge >= 0.3 is 0 Å². The van der Waals surface area contributed by atoms with E-state index in [4.69, 9.17) is 10.2 Å². The maximum absolute atomic E-state index is 12.5. The lowest BCUT2D eigenvalue weighted by Gasteiger charge is -2.36. The smallest absolute Gasteiger partial charge is 0.289 e. The number of amides is 1. The predicted molar refractivity (Wildman–Crippen MR) is 91.7 cm³/mol.